The summed E-state index contributed by atoms with van der Waals surface area (Å²) in [6.45, 7) is 3.10. The summed E-state index contributed by atoms with van der Waals surface area (Å²) in [7, 11) is 0. The number of aryl methyl sites for hydroxylation is 1. The predicted octanol–water partition coefficient (Wildman–Crippen LogP) is 2.84. The van der Waals surface area contributed by atoms with Gasteiger partial charge in [0.15, 0.2) is 0 Å². The summed E-state index contributed by atoms with van der Waals surface area (Å²) in [6.07, 6.45) is 1.36. The van der Waals surface area contributed by atoms with Gasteiger partial charge in [0.25, 0.3) is 0 Å². The molecule has 4 heteroatoms. The first-order chi connectivity index (χ1) is 11.8. The molecule has 1 aliphatic heterocycles. The van der Waals surface area contributed by atoms with Gasteiger partial charge in [-0.1, -0.05) is 36.4 Å². The number of piperazine rings is 1. The van der Waals surface area contributed by atoms with Crippen molar-refractivity contribution < 1.29 is 4.79 Å². The first-order valence-corrected chi connectivity index (χ1v) is 8.33. The molecule has 1 saturated heterocycles. The van der Waals surface area contributed by atoms with E-state index in [1.807, 2.05) is 47.4 Å². The van der Waals surface area contributed by atoms with E-state index in [1.165, 1.54) is 5.56 Å². The van der Waals surface area contributed by atoms with Crippen LogP contribution in [0.25, 0.3) is 0 Å². The lowest BCUT2D eigenvalue weighted by molar-refractivity contribution is -0.131. The maximum absolute atomic E-state index is 12.4. The Morgan fingerprint density at radius 3 is 2.46 bits per heavy atom. The summed E-state index contributed by atoms with van der Waals surface area (Å²) in [6, 6.07) is 20.0. The molecule has 2 aromatic carbocycles. The second-order valence-electron chi connectivity index (χ2n) is 6.02. The zero-order valence-electron chi connectivity index (χ0n) is 13.7. The molecular formula is C20H21N3O. The fourth-order valence-electron chi connectivity index (χ4n) is 3.04. The third-order valence-electron chi connectivity index (χ3n) is 4.44. The summed E-state index contributed by atoms with van der Waals surface area (Å²) >= 11 is 0. The number of nitrogens with zero attached hydrogens (tertiary/aromatic N) is 3. The zero-order chi connectivity index (χ0) is 16.8. The average molecular weight is 319 g/mol. The first-order valence-electron chi connectivity index (χ1n) is 8.33. The van der Waals surface area contributed by atoms with Gasteiger partial charge in [-0.15, -0.1) is 0 Å². The maximum Gasteiger partial charge on any atom is 0.223 e. The van der Waals surface area contributed by atoms with E-state index in [1.54, 1.807) is 0 Å². The molecule has 0 unspecified atom stereocenters. The Labute approximate surface area is 142 Å². The van der Waals surface area contributed by atoms with Crippen molar-refractivity contribution in [1.29, 1.82) is 5.26 Å². The molecule has 24 heavy (non-hydrogen) atoms. The number of nitriles is 1. The standard InChI is InChI=1S/C20H21N3O/c21-16-18-7-4-8-19(15-18)22-11-13-23(14-12-22)20(24)10-9-17-5-2-1-3-6-17/h1-8,15H,9-14H2. The van der Waals surface area contributed by atoms with Crippen molar-refractivity contribution >= 4 is 11.6 Å². The molecule has 2 aromatic rings. The molecule has 0 aliphatic carbocycles. The van der Waals surface area contributed by atoms with E-state index in [-0.39, 0.29) is 5.91 Å². The van der Waals surface area contributed by atoms with Crippen molar-refractivity contribution in [2.45, 2.75) is 12.8 Å². The van der Waals surface area contributed by atoms with Gasteiger partial charge in [0.1, 0.15) is 0 Å². The lowest BCUT2D eigenvalue weighted by Crippen LogP contribution is -2.48. The zero-order valence-corrected chi connectivity index (χ0v) is 13.7. The van der Waals surface area contributed by atoms with Gasteiger partial charge >= 0.3 is 0 Å². The quantitative estimate of drug-likeness (QED) is 0.870. The Balaban J connectivity index is 1.51. The summed E-state index contributed by atoms with van der Waals surface area (Å²) < 4.78 is 0. The van der Waals surface area contributed by atoms with Crippen molar-refractivity contribution in [2.24, 2.45) is 0 Å². The molecule has 1 heterocycles. The van der Waals surface area contributed by atoms with Crippen molar-refractivity contribution in [3.63, 3.8) is 0 Å². The van der Waals surface area contributed by atoms with Gasteiger partial charge in [0.05, 0.1) is 11.6 Å². The fourth-order valence-corrected chi connectivity index (χ4v) is 3.04. The summed E-state index contributed by atoms with van der Waals surface area (Å²) in [5, 5.41) is 9.01. The number of hydrogen-bond acceptors (Lipinski definition) is 3. The molecule has 3 rings (SSSR count). The summed E-state index contributed by atoms with van der Waals surface area (Å²) in [5.74, 6) is 0.226. The minimum absolute atomic E-state index is 0.226. The van der Waals surface area contributed by atoms with Crippen LogP contribution in [0.3, 0.4) is 0 Å². The number of carbonyl (C=O) groups excluding carboxylic acids is 1. The molecule has 0 atom stereocenters. The monoisotopic (exact) mass is 319 g/mol. The first kappa shape index (κ1) is 16.1. The van der Waals surface area contributed by atoms with Gasteiger partial charge in [-0.3, -0.25) is 4.79 Å². The van der Waals surface area contributed by atoms with Crippen LogP contribution in [0.15, 0.2) is 54.6 Å². The van der Waals surface area contributed by atoms with Crippen LogP contribution in [0.2, 0.25) is 0 Å². The van der Waals surface area contributed by atoms with Gasteiger partial charge in [-0.2, -0.15) is 5.26 Å². The third kappa shape index (κ3) is 3.94. The second kappa shape index (κ2) is 7.65. The van der Waals surface area contributed by atoms with Crippen LogP contribution in [0, 0.1) is 11.3 Å². The number of anilines is 1. The molecule has 0 N–H and O–H groups in total. The summed E-state index contributed by atoms with van der Waals surface area (Å²) in [5.41, 5.74) is 2.94. The normalized spacial score (nSPS) is 14.3. The van der Waals surface area contributed by atoms with Crippen LogP contribution < -0.4 is 4.90 Å². The van der Waals surface area contributed by atoms with E-state index >= 15 is 0 Å². The van der Waals surface area contributed by atoms with Crippen molar-refractivity contribution in [2.75, 3.05) is 31.1 Å². The molecule has 0 radical (unpaired) electrons. The summed E-state index contributed by atoms with van der Waals surface area (Å²) in [4.78, 5) is 16.6. The van der Waals surface area contributed by atoms with Crippen LogP contribution >= 0.6 is 0 Å². The predicted molar refractivity (Wildman–Crippen MR) is 94.7 cm³/mol. The van der Waals surface area contributed by atoms with Gasteiger partial charge in [0.2, 0.25) is 5.91 Å². The molecule has 0 bridgehead atoms. The van der Waals surface area contributed by atoms with Crippen LogP contribution in [0.4, 0.5) is 5.69 Å². The highest BCUT2D eigenvalue weighted by molar-refractivity contribution is 5.76. The van der Waals surface area contributed by atoms with E-state index in [0.717, 1.165) is 38.3 Å². The van der Waals surface area contributed by atoms with Gasteiger partial charge in [0, 0.05) is 38.3 Å². The van der Waals surface area contributed by atoms with E-state index in [2.05, 4.69) is 23.1 Å². The van der Waals surface area contributed by atoms with Crippen molar-refractivity contribution in [3.8, 4) is 6.07 Å². The molecule has 0 aromatic heterocycles. The highest BCUT2D eigenvalue weighted by Gasteiger charge is 2.21. The van der Waals surface area contributed by atoms with Crippen LogP contribution in [-0.4, -0.2) is 37.0 Å². The fraction of sp³-hybridized carbons (Fsp3) is 0.300. The van der Waals surface area contributed by atoms with E-state index in [9.17, 15) is 4.79 Å². The molecule has 0 spiro atoms. The van der Waals surface area contributed by atoms with Gasteiger partial charge in [-0.05, 0) is 30.2 Å². The third-order valence-corrected chi connectivity index (χ3v) is 4.44. The number of hydrogen-bond donors (Lipinski definition) is 0. The van der Waals surface area contributed by atoms with Crippen LogP contribution in [0.1, 0.15) is 17.5 Å². The Kier molecular flexibility index (Phi) is 5.12. The Bertz CT molecular complexity index is 728. The Morgan fingerprint density at radius 1 is 1.00 bits per heavy atom. The maximum atomic E-state index is 12.4. The highest BCUT2D eigenvalue weighted by Crippen LogP contribution is 2.18. The van der Waals surface area contributed by atoms with E-state index in [4.69, 9.17) is 5.26 Å². The molecule has 1 amide bonds. The van der Waals surface area contributed by atoms with Crippen LogP contribution in [-0.2, 0) is 11.2 Å². The van der Waals surface area contributed by atoms with Crippen molar-refractivity contribution in [3.05, 3.63) is 65.7 Å². The molecule has 1 fully saturated rings. The highest BCUT2D eigenvalue weighted by atomic mass is 16.2. The Morgan fingerprint density at radius 2 is 1.75 bits per heavy atom. The SMILES string of the molecule is N#Cc1cccc(N2CCN(C(=O)CCc3ccccc3)CC2)c1. The lowest BCUT2D eigenvalue weighted by atomic mass is 10.1. The Hall–Kier alpha value is -2.80. The molecule has 0 saturated carbocycles. The van der Waals surface area contributed by atoms with Gasteiger partial charge < -0.3 is 9.80 Å². The molecule has 122 valence electrons. The largest absolute Gasteiger partial charge is 0.368 e. The van der Waals surface area contributed by atoms with E-state index in [0.29, 0.717) is 12.0 Å². The van der Waals surface area contributed by atoms with Gasteiger partial charge in [-0.25, -0.2) is 0 Å². The number of amides is 1. The number of benzene rings is 2. The smallest absolute Gasteiger partial charge is 0.223 e. The number of rotatable bonds is 4. The number of carbonyl (C=O) groups is 1. The topological polar surface area (TPSA) is 47.3 Å². The molecular weight excluding hydrogens is 298 g/mol. The van der Waals surface area contributed by atoms with E-state index < -0.39 is 0 Å². The average Bonchev–Trinajstić information content (AvgIpc) is 2.67. The molecule has 1 aliphatic rings. The molecule has 4 nitrogen and oxygen atoms in total. The minimum atomic E-state index is 0.226. The van der Waals surface area contributed by atoms with Crippen LogP contribution in [0.5, 0.6) is 0 Å². The minimum Gasteiger partial charge on any atom is -0.368 e. The lowest BCUT2D eigenvalue weighted by Gasteiger charge is -2.36. The second-order valence-corrected chi connectivity index (χ2v) is 6.02. The van der Waals surface area contributed by atoms with Crippen molar-refractivity contribution in [1.82, 2.24) is 4.90 Å².